The van der Waals surface area contributed by atoms with E-state index in [2.05, 4.69) is 4.98 Å². The van der Waals surface area contributed by atoms with Crippen molar-refractivity contribution < 1.29 is 13.2 Å². The molecule has 1 aromatic carbocycles. The molecule has 1 aliphatic heterocycles. The first-order chi connectivity index (χ1) is 10.9. The highest BCUT2D eigenvalue weighted by Gasteiger charge is 2.39. The molecule has 0 radical (unpaired) electrons. The minimum absolute atomic E-state index is 0.0670. The molecule has 1 saturated heterocycles. The molecule has 0 saturated carbocycles. The summed E-state index contributed by atoms with van der Waals surface area (Å²) in [4.78, 5) is 4.12. The molecule has 0 N–H and O–H groups in total. The standard InChI is InChI=1S/C15H14Cl2N2O3S/c1-10-6-14(13(17)7-12(10)16)23(20,21)19-8-11(9-19)22-15-4-2-3-5-18-15/h2-7,11H,8-9H2,1H3. The van der Waals surface area contributed by atoms with Crippen LogP contribution < -0.4 is 4.74 Å². The maximum Gasteiger partial charge on any atom is 0.244 e. The minimum Gasteiger partial charge on any atom is -0.472 e. The second-order valence-corrected chi connectivity index (χ2v) is 7.98. The van der Waals surface area contributed by atoms with Gasteiger partial charge in [-0.2, -0.15) is 4.31 Å². The fourth-order valence-electron chi connectivity index (χ4n) is 2.23. The van der Waals surface area contributed by atoms with Crippen molar-refractivity contribution in [3.8, 4) is 5.88 Å². The average Bonchev–Trinajstić information content (AvgIpc) is 2.47. The Kier molecular flexibility index (Phi) is 4.51. The van der Waals surface area contributed by atoms with Crippen LogP contribution in [0.2, 0.25) is 10.0 Å². The zero-order valence-corrected chi connectivity index (χ0v) is 14.6. The van der Waals surface area contributed by atoms with Gasteiger partial charge in [0.15, 0.2) is 0 Å². The van der Waals surface area contributed by atoms with E-state index in [1.165, 1.54) is 16.4 Å². The number of halogens is 2. The summed E-state index contributed by atoms with van der Waals surface area (Å²) in [5, 5.41) is 0.559. The van der Waals surface area contributed by atoms with E-state index in [4.69, 9.17) is 27.9 Å². The fraction of sp³-hybridized carbons (Fsp3) is 0.267. The van der Waals surface area contributed by atoms with Gasteiger partial charge in [-0.15, -0.1) is 0 Å². The van der Waals surface area contributed by atoms with Crippen molar-refractivity contribution in [3.05, 3.63) is 52.1 Å². The Labute approximate surface area is 144 Å². The van der Waals surface area contributed by atoms with Crippen LogP contribution >= 0.6 is 23.2 Å². The van der Waals surface area contributed by atoms with Gasteiger partial charge in [-0.25, -0.2) is 13.4 Å². The second-order valence-electron chi connectivity index (χ2n) is 5.26. The molecule has 2 heterocycles. The Morgan fingerprint density at radius 2 is 1.96 bits per heavy atom. The first-order valence-electron chi connectivity index (χ1n) is 6.91. The van der Waals surface area contributed by atoms with Crippen molar-refractivity contribution in [2.75, 3.05) is 13.1 Å². The maximum absolute atomic E-state index is 12.6. The minimum atomic E-state index is -3.66. The summed E-state index contributed by atoms with van der Waals surface area (Å²) in [6, 6.07) is 8.28. The van der Waals surface area contributed by atoms with E-state index < -0.39 is 10.0 Å². The number of aryl methyl sites for hydroxylation is 1. The molecule has 0 unspecified atom stereocenters. The largest absolute Gasteiger partial charge is 0.472 e. The number of nitrogens with zero attached hydrogens (tertiary/aromatic N) is 2. The van der Waals surface area contributed by atoms with E-state index in [0.717, 1.165) is 0 Å². The third kappa shape index (κ3) is 3.30. The van der Waals surface area contributed by atoms with Gasteiger partial charge in [0.2, 0.25) is 15.9 Å². The van der Waals surface area contributed by atoms with E-state index in [1.807, 2.05) is 6.07 Å². The van der Waals surface area contributed by atoms with Gasteiger partial charge < -0.3 is 4.74 Å². The summed E-state index contributed by atoms with van der Waals surface area (Å²) in [6.45, 7) is 2.26. The number of sulfonamides is 1. The van der Waals surface area contributed by atoms with E-state index >= 15 is 0 Å². The highest BCUT2D eigenvalue weighted by Crippen LogP contribution is 2.32. The summed E-state index contributed by atoms with van der Waals surface area (Å²) < 4.78 is 32.2. The van der Waals surface area contributed by atoms with Crippen molar-refractivity contribution >= 4 is 33.2 Å². The lowest BCUT2D eigenvalue weighted by atomic mass is 10.2. The number of hydrogen-bond donors (Lipinski definition) is 0. The maximum atomic E-state index is 12.6. The molecule has 0 atom stereocenters. The van der Waals surface area contributed by atoms with Crippen LogP contribution in [-0.4, -0.2) is 36.9 Å². The molecule has 1 fully saturated rings. The van der Waals surface area contributed by atoms with Crippen LogP contribution in [0, 0.1) is 6.92 Å². The van der Waals surface area contributed by atoms with Crippen LogP contribution in [0.1, 0.15) is 5.56 Å². The Hall–Kier alpha value is -1.34. The Morgan fingerprint density at radius 1 is 1.22 bits per heavy atom. The Morgan fingerprint density at radius 3 is 2.61 bits per heavy atom. The summed E-state index contributed by atoms with van der Waals surface area (Å²) in [6.07, 6.45) is 1.41. The predicted octanol–water partition coefficient (Wildman–Crippen LogP) is 3.15. The van der Waals surface area contributed by atoms with Gasteiger partial charge >= 0.3 is 0 Å². The topological polar surface area (TPSA) is 59.5 Å². The zero-order valence-electron chi connectivity index (χ0n) is 12.2. The molecular weight excluding hydrogens is 359 g/mol. The highest BCUT2D eigenvalue weighted by atomic mass is 35.5. The molecule has 3 rings (SSSR count). The molecule has 0 amide bonds. The van der Waals surface area contributed by atoms with Gasteiger partial charge in [0.25, 0.3) is 0 Å². The third-order valence-corrected chi connectivity index (χ3v) is 6.27. The van der Waals surface area contributed by atoms with Crippen molar-refractivity contribution in [2.45, 2.75) is 17.9 Å². The van der Waals surface area contributed by atoms with E-state index in [9.17, 15) is 8.42 Å². The monoisotopic (exact) mass is 372 g/mol. The average molecular weight is 373 g/mol. The van der Waals surface area contributed by atoms with Gasteiger partial charge in [-0.3, -0.25) is 0 Å². The van der Waals surface area contributed by atoms with Crippen LogP contribution in [0.5, 0.6) is 5.88 Å². The Bertz CT molecular complexity index is 822. The zero-order chi connectivity index (χ0) is 16.6. The lowest BCUT2D eigenvalue weighted by Gasteiger charge is -2.37. The molecule has 0 aliphatic carbocycles. The predicted molar refractivity (Wildman–Crippen MR) is 88.6 cm³/mol. The molecule has 1 aliphatic rings. The first-order valence-corrected chi connectivity index (χ1v) is 9.11. The molecule has 8 heteroatoms. The highest BCUT2D eigenvalue weighted by molar-refractivity contribution is 7.89. The van der Waals surface area contributed by atoms with Crippen molar-refractivity contribution in [1.29, 1.82) is 0 Å². The summed E-state index contributed by atoms with van der Waals surface area (Å²) in [7, 11) is -3.66. The molecule has 23 heavy (non-hydrogen) atoms. The molecular formula is C15H14Cl2N2O3S. The van der Waals surface area contributed by atoms with Crippen LogP contribution in [0.3, 0.4) is 0 Å². The number of aromatic nitrogens is 1. The van der Waals surface area contributed by atoms with E-state index in [-0.39, 0.29) is 29.1 Å². The quantitative estimate of drug-likeness (QED) is 0.826. The number of ether oxygens (including phenoxy) is 1. The van der Waals surface area contributed by atoms with E-state index in [1.54, 1.807) is 25.3 Å². The molecule has 0 bridgehead atoms. The van der Waals surface area contributed by atoms with Gasteiger partial charge in [-0.05, 0) is 30.7 Å². The SMILES string of the molecule is Cc1cc(S(=O)(=O)N2CC(Oc3ccccn3)C2)c(Cl)cc1Cl. The summed E-state index contributed by atoms with van der Waals surface area (Å²) in [5.74, 6) is 0.481. The molecule has 1 aromatic heterocycles. The van der Waals surface area contributed by atoms with Crippen LogP contribution in [0.25, 0.3) is 0 Å². The Balaban J connectivity index is 1.72. The smallest absolute Gasteiger partial charge is 0.244 e. The first kappa shape index (κ1) is 16.5. The van der Waals surface area contributed by atoms with Crippen LogP contribution in [0.4, 0.5) is 0 Å². The number of pyridine rings is 1. The van der Waals surface area contributed by atoms with Crippen molar-refractivity contribution in [1.82, 2.24) is 9.29 Å². The van der Waals surface area contributed by atoms with Gasteiger partial charge in [0.05, 0.1) is 18.1 Å². The normalized spacial score (nSPS) is 16.1. The van der Waals surface area contributed by atoms with Gasteiger partial charge in [-0.1, -0.05) is 29.3 Å². The van der Waals surface area contributed by atoms with Crippen molar-refractivity contribution in [3.63, 3.8) is 0 Å². The lowest BCUT2D eigenvalue weighted by Crippen LogP contribution is -2.56. The van der Waals surface area contributed by atoms with E-state index in [0.29, 0.717) is 16.5 Å². The molecule has 5 nitrogen and oxygen atoms in total. The number of hydrogen-bond acceptors (Lipinski definition) is 4. The van der Waals surface area contributed by atoms with Gasteiger partial charge in [0, 0.05) is 17.3 Å². The molecule has 0 spiro atoms. The second kappa shape index (κ2) is 6.28. The van der Waals surface area contributed by atoms with Gasteiger partial charge in [0.1, 0.15) is 11.0 Å². The van der Waals surface area contributed by atoms with Crippen LogP contribution in [0.15, 0.2) is 41.4 Å². The number of benzene rings is 1. The third-order valence-electron chi connectivity index (χ3n) is 3.57. The van der Waals surface area contributed by atoms with Crippen LogP contribution in [-0.2, 0) is 10.0 Å². The fourth-order valence-corrected chi connectivity index (χ4v) is 4.54. The summed E-state index contributed by atoms with van der Waals surface area (Å²) in [5.41, 5.74) is 0.663. The van der Waals surface area contributed by atoms with Crippen molar-refractivity contribution in [2.24, 2.45) is 0 Å². The lowest BCUT2D eigenvalue weighted by molar-refractivity contribution is 0.0721. The molecule has 122 valence electrons. The number of rotatable bonds is 4. The molecule has 2 aromatic rings. The summed E-state index contributed by atoms with van der Waals surface area (Å²) >= 11 is 12.0.